The van der Waals surface area contributed by atoms with Crippen LogP contribution in [0.3, 0.4) is 0 Å². The Labute approximate surface area is 118 Å². The minimum atomic E-state index is -3.42. The van der Waals surface area contributed by atoms with Gasteiger partial charge >= 0.3 is 0 Å². The Hall–Kier alpha value is -1.78. The highest BCUT2D eigenvalue weighted by Crippen LogP contribution is 2.19. The smallest absolute Gasteiger partial charge is 0.235 e. The number of anilines is 1. The second-order valence-electron chi connectivity index (χ2n) is 4.49. The molecule has 1 heterocycles. The molecule has 1 aromatic carbocycles. The average molecular weight is 296 g/mol. The van der Waals surface area contributed by atoms with Crippen LogP contribution in [0.1, 0.15) is 12.8 Å². The molecule has 0 radical (unpaired) electrons. The molecule has 1 unspecified atom stereocenters. The Balaban J connectivity index is 1.93. The van der Waals surface area contributed by atoms with Gasteiger partial charge in [-0.1, -0.05) is 0 Å². The van der Waals surface area contributed by atoms with E-state index in [0.29, 0.717) is 18.0 Å². The van der Waals surface area contributed by atoms with Crippen molar-refractivity contribution in [3.8, 4) is 11.8 Å². The van der Waals surface area contributed by atoms with Crippen LogP contribution in [-0.4, -0.2) is 33.5 Å². The predicted octanol–water partition coefficient (Wildman–Crippen LogP) is 1.51. The number of ether oxygens (including phenoxy) is 2. The van der Waals surface area contributed by atoms with E-state index >= 15 is 0 Å². The molecule has 1 atom stereocenters. The summed E-state index contributed by atoms with van der Waals surface area (Å²) in [7, 11) is -3.42. The summed E-state index contributed by atoms with van der Waals surface area (Å²) in [6.07, 6.45) is 1.47. The molecule has 1 aromatic rings. The summed E-state index contributed by atoms with van der Waals surface area (Å²) in [5.41, 5.74) is 0.465. The number of benzene rings is 1. The molecule has 1 N–H and O–H groups in total. The van der Waals surface area contributed by atoms with Gasteiger partial charge in [-0.15, -0.1) is 0 Å². The number of rotatable bonds is 6. The van der Waals surface area contributed by atoms with Crippen molar-refractivity contribution in [2.75, 3.05) is 23.7 Å². The van der Waals surface area contributed by atoms with Crippen molar-refractivity contribution in [2.45, 2.75) is 18.9 Å². The highest BCUT2D eigenvalue weighted by molar-refractivity contribution is 7.92. The van der Waals surface area contributed by atoms with E-state index in [1.54, 1.807) is 24.3 Å². The van der Waals surface area contributed by atoms with Gasteiger partial charge in [0.25, 0.3) is 0 Å². The molecule has 7 heteroatoms. The lowest BCUT2D eigenvalue weighted by Gasteiger charge is -2.12. The zero-order valence-electron chi connectivity index (χ0n) is 10.9. The van der Waals surface area contributed by atoms with Crippen LogP contribution < -0.4 is 9.46 Å². The Morgan fingerprint density at radius 3 is 2.75 bits per heavy atom. The van der Waals surface area contributed by atoms with Crippen LogP contribution in [0.25, 0.3) is 0 Å². The van der Waals surface area contributed by atoms with Crippen molar-refractivity contribution in [2.24, 2.45) is 0 Å². The summed E-state index contributed by atoms with van der Waals surface area (Å²) < 4.78 is 36.8. The Morgan fingerprint density at radius 2 is 2.15 bits per heavy atom. The standard InChI is InChI=1S/C13H16N2O4S/c14-7-9-19-12-5-3-11(4-6-12)15-20(16,17)10-13-2-1-8-18-13/h3-6,13,15H,1-2,8-10H2. The van der Waals surface area contributed by atoms with Crippen LogP contribution in [0.4, 0.5) is 5.69 Å². The zero-order chi connectivity index (χ0) is 14.4. The molecule has 0 aromatic heterocycles. The number of nitrogens with zero attached hydrogens (tertiary/aromatic N) is 1. The molecule has 20 heavy (non-hydrogen) atoms. The van der Waals surface area contributed by atoms with E-state index in [1.807, 2.05) is 6.07 Å². The summed E-state index contributed by atoms with van der Waals surface area (Å²) in [6, 6.07) is 8.28. The Kier molecular flexibility index (Phi) is 4.82. The zero-order valence-corrected chi connectivity index (χ0v) is 11.7. The van der Waals surface area contributed by atoms with E-state index in [0.717, 1.165) is 12.8 Å². The number of nitrogens with one attached hydrogen (secondary N) is 1. The van der Waals surface area contributed by atoms with Crippen molar-refractivity contribution in [1.29, 1.82) is 5.26 Å². The van der Waals surface area contributed by atoms with Gasteiger partial charge in [-0.05, 0) is 37.1 Å². The first-order valence-electron chi connectivity index (χ1n) is 6.31. The first-order chi connectivity index (χ1) is 9.59. The van der Waals surface area contributed by atoms with Gasteiger partial charge in [-0.2, -0.15) is 5.26 Å². The largest absolute Gasteiger partial charge is 0.479 e. The lowest BCUT2D eigenvalue weighted by molar-refractivity contribution is 0.127. The molecule has 1 fully saturated rings. The van der Waals surface area contributed by atoms with Crippen LogP contribution in [-0.2, 0) is 14.8 Å². The summed E-state index contributed by atoms with van der Waals surface area (Å²) >= 11 is 0. The van der Waals surface area contributed by atoms with Crippen LogP contribution in [0.2, 0.25) is 0 Å². The number of nitriles is 1. The maximum atomic E-state index is 11.9. The highest BCUT2D eigenvalue weighted by atomic mass is 32.2. The second kappa shape index (κ2) is 6.59. The molecule has 0 spiro atoms. The number of hydrogen-bond acceptors (Lipinski definition) is 5. The quantitative estimate of drug-likeness (QED) is 0.859. The van der Waals surface area contributed by atoms with Crippen LogP contribution in [0.5, 0.6) is 5.75 Å². The van der Waals surface area contributed by atoms with Gasteiger partial charge in [-0.25, -0.2) is 8.42 Å². The van der Waals surface area contributed by atoms with Crippen molar-refractivity contribution >= 4 is 15.7 Å². The number of hydrogen-bond donors (Lipinski definition) is 1. The maximum Gasteiger partial charge on any atom is 0.235 e. The fourth-order valence-corrected chi connectivity index (χ4v) is 3.31. The molecule has 1 saturated heterocycles. The van der Waals surface area contributed by atoms with Gasteiger partial charge in [0.1, 0.15) is 11.8 Å². The molecule has 0 amide bonds. The summed E-state index contributed by atoms with van der Waals surface area (Å²) in [4.78, 5) is 0. The monoisotopic (exact) mass is 296 g/mol. The fourth-order valence-electron chi connectivity index (χ4n) is 1.98. The summed E-state index contributed by atoms with van der Waals surface area (Å²) in [6.45, 7) is 0.592. The third kappa shape index (κ3) is 4.40. The Bertz CT molecular complexity index is 571. The van der Waals surface area contributed by atoms with Crippen molar-refractivity contribution in [3.05, 3.63) is 24.3 Å². The van der Waals surface area contributed by atoms with Crippen LogP contribution in [0.15, 0.2) is 24.3 Å². The van der Waals surface area contributed by atoms with E-state index in [9.17, 15) is 8.42 Å². The molecule has 108 valence electrons. The second-order valence-corrected chi connectivity index (χ2v) is 6.26. The van der Waals surface area contributed by atoms with E-state index in [4.69, 9.17) is 14.7 Å². The highest BCUT2D eigenvalue weighted by Gasteiger charge is 2.23. The van der Waals surface area contributed by atoms with Crippen molar-refractivity contribution in [3.63, 3.8) is 0 Å². The van der Waals surface area contributed by atoms with E-state index < -0.39 is 10.0 Å². The first-order valence-corrected chi connectivity index (χ1v) is 7.96. The van der Waals surface area contributed by atoms with Gasteiger partial charge in [-0.3, -0.25) is 4.72 Å². The van der Waals surface area contributed by atoms with Gasteiger partial charge in [0.2, 0.25) is 10.0 Å². The molecule has 1 aliphatic rings. The van der Waals surface area contributed by atoms with Crippen LogP contribution in [0, 0.1) is 11.3 Å². The number of sulfonamides is 1. The van der Waals surface area contributed by atoms with Gasteiger partial charge in [0, 0.05) is 12.3 Å². The molecule has 6 nitrogen and oxygen atoms in total. The fraction of sp³-hybridized carbons (Fsp3) is 0.462. The predicted molar refractivity (Wildman–Crippen MR) is 73.9 cm³/mol. The molecule has 0 bridgehead atoms. The third-order valence-corrected chi connectivity index (χ3v) is 4.22. The molecule has 2 rings (SSSR count). The summed E-state index contributed by atoms with van der Waals surface area (Å²) in [5, 5.41) is 8.39. The lowest BCUT2D eigenvalue weighted by atomic mass is 10.3. The van der Waals surface area contributed by atoms with Gasteiger partial charge in [0.15, 0.2) is 6.61 Å². The van der Waals surface area contributed by atoms with Crippen molar-refractivity contribution < 1.29 is 17.9 Å². The van der Waals surface area contributed by atoms with Gasteiger partial charge in [0.05, 0.1) is 11.9 Å². The molecule has 1 aliphatic heterocycles. The SMILES string of the molecule is N#CCOc1ccc(NS(=O)(=O)CC2CCCO2)cc1. The molecule has 0 saturated carbocycles. The van der Waals surface area contributed by atoms with E-state index in [2.05, 4.69) is 4.72 Å². The maximum absolute atomic E-state index is 11.9. The molecular formula is C13H16N2O4S. The minimum Gasteiger partial charge on any atom is -0.479 e. The third-order valence-electron chi connectivity index (χ3n) is 2.86. The Morgan fingerprint density at radius 1 is 1.40 bits per heavy atom. The summed E-state index contributed by atoms with van der Waals surface area (Å²) in [5.74, 6) is 0.494. The topological polar surface area (TPSA) is 88.4 Å². The first kappa shape index (κ1) is 14.6. The van der Waals surface area contributed by atoms with Crippen molar-refractivity contribution in [1.82, 2.24) is 0 Å². The van der Waals surface area contributed by atoms with Gasteiger partial charge < -0.3 is 9.47 Å². The molecular weight excluding hydrogens is 280 g/mol. The normalized spacial score (nSPS) is 18.4. The van der Waals surface area contributed by atoms with E-state index in [-0.39, 0.29) is 18.5 Å². The van der Waals surface area contributed by atoms with E-state index in [1.165, 1.54) is 0 Å². The minimum absolute atomic E-state index is 0.0281. The lowest BCUT2D eigenvalue weighted by Crippen LogP contribution is -2.25. The van der Waals surface area contributed by atoms with Crippen LogP contribution >= 0.6 is 0 Å². The average Bonchev–Trinajstić information content (AvgIpc) is 2.89. The molecule has 0 aliphatic carbocycles.